The van der Waals surface area contributed by atoms with Crippen LogP contribution in [-0.4, -0.2) is 29.3 Å². The van der Waals surface area contributed by atoms with E-state index in [1.807, 2.05) is 6.07 Å². The van der Waals surface area contributed by atoms with Gasteiger partial charge in [-0.2, -0.15) is 23.5 Å². The van der Waals surface area contributed by atoms with Crippen molar-refractivity contribution in [1.29, 1.82) is 5.26 Å². The number of rotatable bonds is 5. The van der Waals surface area contributed by atoms with Gasteiger partial charge in [0.2, 0.25) is 5.95 Å². The first kappa shape index (κ1) is 22.1. The number of hydrogen-bond donors (Lipinski definition) is 2. The molecule has 168 valence electrons. The molecule has 0 atom stereocenters. The lowest BCUT2D eigenvalue weighted by molar-refractivity contribution is -0.137. The summed E-state index contributed by atoms with van der Waals surface area (Å²) in [6, 6.07) is 14.6. The van der Waals surface area contributed by atoms with Gasteiger partial charge >= 0.3 is 6.18 Å². The van der Waals surface area contributed by atoms with Gasteiger partial charge in [0, 0.05) is 24.3 Å². The highest BCUT2D eigenvalue weighted by molar-refractivity contribution is 5.82. The fourth-order valence-electron chi connectivity index (χ4n) is 3.70. The number of alkyl halides is 3. The number of anilines is 2. The maximum Gasteiger partial charge on any atom is 0.418 e. The normalized spacial score (nSPS) is 13.9. The number of aromatic amines is 1. The van der Waals surface area contributed by atoms with Gasteiger partial charge in [-0.05, 0) is 30.5 Å². The van der Waals surface area contributed by atoms with E-state index < -0.39 is 17.3 Å². The van der Waals surface area contributed by atoms with Crippen LogP contribution in [0.25, 0.3) is 11.3 Å². The lowest BCUT2D eigenvalue weighted by Gasteiger charge is -2.23. The first-order valence-corrected chi connectivity index (χ1v) is 10.2. The Morgan fingerprint density at radius 1 is 1.15 bits per heavy atom. The predicted molar refractivity (Wildman–Crippen MR) is 119 cm³/mol. The van der Waals surface area contributed by atoms with Crippen LogP contribution in [0.3, 0.4) is 0 Å². The van der Waals surface area contributed by atoms with E-state index in [-0.39, 0.29) is 28.5 Å². The summed E-state index contributed by atoms with van der Waals surface area (Å²) in [6.07, 6.45) is -1.56. The number of benzene rings is 2. The predicted octanol–water partition coefficient (Wildman–Crippen LogP) is 4.37. The molecule has 0 unspecified atom stereocenters. The summed E-state index contributed by atoms with van der Waals surface area (Å²) in [5, 5.41) is 13.2. The summed E-state index contributed by atoms with van der Waals surface area (Å²) < 4.78 is 40.9. The molecule has 2 aromatic carbocycles. The Morgan fingerprint density at radius 2 is 1.88 bits per heavy atom. The van der Waals surface area contributed by atoms with Crippen LogP contribution in [-0.2, 0) is 6.18 Å². The third-order valence-electron chi connectivity index (χ3n) is 5.24. The third-order valence-corrected chi connectivity index (χ3v) is 5.24. The fourth-order valence-corrected chi connectivity index (χ4v) is 3.70. The van der Waals surface area contributed by atoms with Crippen molar-refractivity contribution >= 4 is 17.9 Å². The molecule has 1 aromatic heterocycles. The number of halogens is 3. The highest BCUT2D eigenvalue weighted by Gasteiger charge is 2.35. The van der Waals surface area contributed by atoms with Crippen LogP contribution in [0.5, 0.6) is 0 Å². The van der Waals surface area contributed by atoms with Gasteiger partial charge in [0.15, 0.2) is 0 Å². The van der Waals surface area contributed by atoms with E-state index in [4.69, 9.17) is 0 Å². The van der Waals surface area contributed by atoms with Crippen molar-refractivity contribution in [2.24, 2.45) is 5.10 Å². The molecule has 0 aliphatic carbocycles. The molecular formula is C23H19F3N6O. The molecule has 7 nitrogen and oxygen atoms in total. The standard InChI is InChI=1S/C23H19F3N6O/c24-23(25,26)18-12-15(8-9-19(18)32-10-4-5-11-32)14-28-31-22-29-20(16-6-2-1-3-7-16)17(13-27)21(33)30-22/h1-3,6-9,12,14H,4-5,10-11H2,(H2,29,30,31,33). The maximum absolute atomic E-state index is 13.6. The van der Waals surface area contributed by atoms with Crippen molar-refractivity contribution in [2.75, 3.05) is 23.4 Å². The Kier molecular flexibility index (Phi) is 6.13. The zero-order valence-corrected chi connectivity index (χ0v) is 17.4. The summed E-state index contributed by atoms with van der Waals surface area (Å²) in [5.74, 6) is -0.0427. The summed E-state index contributed by atoms with van der Waals surface area (Å²) in [7, 11) is 0. The Hall–Kier alpha value is -4.13. The second-order valence-corrected chi connectivity index (χ2v) is 7.45. The Morgan fingerprint density at radius 3 is 2.55 bits per heavy atom. The van der Waals surface area contributed by atoms with Crippen LogP contribution in [0.1, 0.15) is 29.5 Å². The van der Waals surface area contributed by atoms with Gasteiger partial charge in [-0.1, -0.05) is 36.4 Å². The first-order valence-electron chi connectivity index (χ1n) is 10.2. The van der Waals surface area contributed by atoms with Gasteiger partial charge < -0.3 is 4.90 Å². The van der Waals surface area contributed by atoms with Crippen LogP contribution in [0.15, 0.2) is 58.4 Å². The molecular weight excluding hydrogens is 433 g/mol. The number of H-pyrrole nitrogens is 1. The number of hydrogen-bond acceptors (Lipinski definition) is 6. The SMILES string of the molecule is N#Cc1c(-c2ccccc2)nc(NN=Cc2ccc(N3CCCC3)c(C(F)(F)F)c2)[nH]c1=O. The van der Waals surface area contributed by atoms with Crippen molar-refractivity contribution < 1.29 is 13.2 Å². The minimum atomic E-state index is -4.50. The van der Waals surface area contributed by atoms with E-state index >= 15 is 0 Å². The zero-order valence-electron chi connectivity index (χ0n) is 17.4. The summed E-state index contributed by atoms with van der Waals surface area (Å²) in [4.78, 5) is 20.7. The second kappa shape index (κ2) is 9.16. The third kappa shape index (κ3) is 4.87. The average Bonchev–Trinajstić information content (AvgIpc) is 3.33. The molecule has 33 heavy (non-hydrogen) atoms. The Bertz CT molecular complexity index is 1270. The van der Waals surface area contributed by atoms with Crippen molar-refractivity contribution in [1.82, 2.24) is 9.97 Å². The van der Waals surface area contributed by atoms with Crippen molar-refractivity contribution in [3.63, 3.8) is 0 Å². The molecule has 0 bridgehead atoms. The minimum Gasteiger partial charge on any atom is -0.371 e. The molecule has 2 heterocycles. The molecule has 10 heteroatoms. The number of hydrazone groups is 1. The van der Waals surface area contributed by atoms with Crippen LogP contribution in [0, 0.1) is 11.3 Å². The molecule has 0 amide bonds. The van der Waals surface area contributed by atoms with Crippen LogP contribution < -0.4 is 15.9 Å². The van der Waals surface area contributed by atoms with E-state index in [9.17, 15) is 23.2 Å². The Balaban J connectivity index is 1.60. The Labute approximate surface area is 187 Å². The van der Waals surface area contributed by atoms with E-state index in [1.165, 1.54) is 12.3 Å². The molecule has 1 fully saturated rings. The maximum atomic E-state index is 13.6. The highest BCUT2D eigenvalue weighted by Crippen LogP contribution is 2.38. The lowest BCUT2D eigenvalue weighted by Crippen LogP contribution is -2.22. The molecule has 0 saturated carbocycles. The quantitative estimate of drug-likeness (QED) is 0.443. The van der Waals surface area contributed by atoms with E-state index in [1.54, 1.807) is 41.3 Å². The second-order valence-electron chi connectivity index (χ2n) is 7.45. The highest BCUT2D eigenvalue weighted by atomic mass is 19.4. The molecule has 0 radical (unpaired) electrons. The van der Waals surface area contributed by atoms with Crippen LogP contribution in [0.4, 0.5) is 24.8 Å². The fraction of sp³-hybridized carbons (Fsp3) is 0.217. The monoisotopic (exact) mass is 452 g/mol. The van der Waals surface area contributed by atoms with Gasteiger partial charge in [-0.3, -0.25) is 9.78 Å². The number of aromatic nitrogens is 2. The average molecular weight is 452 g/mol. The number of nitrogens with one attached hydrogen (secondary N) is 2. The molecule has 3 aromatic rings. The first-order chi connectivity index (χ1) is 15.9. The molecule has 1 saturated heterocycles. The molecule has 2 N–H and O–H groups in total. The molecule has 1 aliphatic rings. The van der Waals surface area contributed by atoms with Gasteiger partial charge in [0.25, 0.3) is 5.56 Å². The number of nitriles is 1. The molecule has 0 spiro atoms. The van der Waals surface area contributed by atoms with E-state index in [0.29, 0.717) is 18.7 Å². The van der Waals surface area contributed by atoms with Crippen LogP contribution >= 0.6 is 0 Å². The lowest BCUT2D eigenvalue weighted by atomic mass is 10.1. The summed E-state index contributed by atoms with van der Waals surface area (Å²) in [6.45, 7) is 1.19. The summed E-state index contributed by atoms with van der Waals surface area (Å²) >= 11 is 0. The van der Waals surface area contributed by atoms with E-state index in [2.05, 4.69) is 20.5 Å². The van der Waals surface area contributed by atoms with Crippen molar-refractivity contribution in [3.8, 4) is 17.3 Å². The topological polar surface area (TPSA) is 97.2 Å². The van der Waals surface area contributed by atoms with Crippen molar-refractivity contribution in [2.45, 2.75) is 19.0 Å². The van der Waals surface area contributed by atoms with Crippen molar-refractivity contribution in [3.05, 3.63) is 75.6 Å². The minimum absolute atomic E-state index is 0.0427. The van der Waals surface area contributed by atoms with Crippen LogP contribution in [0.2, 0.25) is 0 Å². The summed E-state index contributed by atoms with van der Waals surface area (Å²) in [5.41, 5.74) is 2.14. The number of nitrogens with zero attached hydrogens (tertiary/aromatic N) is 4. The van der Waals surface area contributed by atoms with Gasteiger partial charge in [0.05, 0.1) is 17.5 Å². The molecule has 4 rings (SSSR count). The van der Waals surface area contributed by atoms with Gasteiger partial charge in [0.1, 0.15) is 11.6 Å². The smallest absolute Gasteiger partial charge is 0.371 e. The molecule has 1 aliphatic heterocycles. The van der Waals surface area contributed by atoms with Gasteiger partial charge in [-0.15, -0.1) is 0 Å². The largest absolute Gasteiger partial charge is 0.418 e. The van der Waals surface area contributed by atoms with Gasteiger partial charge in [-0.25, -0.2) is 10.4 Å². The van der Waals surface area contributed by atoms with E-state index in [0.717, 1.165) is 18.9 Å². The zero-order chi connectivity index (χ0) is 23.4.